The molecule has 1 saturated heterocycles. The van der Waals surface area contributed by atoms with Crippen LogP contribution in [0.25, 0.3) is 0 Å². The van der Waals surface area contributed by atoms with E-state index in [1.807, 2.05) is 24.1 Å². The highest BCUT2D eigenvalue weighted by molar-refractivity contribution is 5.77. The third-order valence-electron chi connectivity index (χ3n) is 4.09. The highest BCUT2D eigenvalue weighted by Crippen LogP contribution is 2.18. The maximum Gasteiger partial charge on any atom is 0.260 e. The average molecular weight is 290 g/mol. The Labute approximate surface area is 127 Å². The Morgan fingerprint density at radius 1 is 1.38 bits per heavy atom. The Hall–Kier alpha value is -1.55. The Kier molecular flexibility index (Phi) is 5.62. The van der Waals surface area contributed by atoms with E-state index in [0.717, 1.165) is 31.7 Å². The first-order valence-corrected chi connectivity index (χ1v) is 7.78. The summed E-state index contributed by atoms with van der Waals surface area (Å²) in [5, 5.41) is 3.24. The Balaban J connectivity index is 1.83. The van der Waals surface area contributed by atoms with Gasteiger partial charge in [0.2, 0.25) is 0 Å². The molecule has 0 bridgehead atoms. The van der Waals surface area contributed by atoms with Crippen LogP contribution in [0.5, 0.6) is 5.75 Å². The summed E-state index contributed by atoms with van der Waals surface area (Å²) in [5.74, 6) is 1.34. The van der Waals surface area contributed by atoms with Crippen molar-refractivity contribution in [2.75, 3.05) is 26.7 Å². The molecule has 0 aromatic heterocycles. The average Bonchev–Trinajstić information content (AvgIpc) is 2.53. The van der Waals surface area contributed by atoms with Crippen LogP contribution >= 0.6 is 0 Å². The number of likely N-dealkylation sites (N-methyl/N-ethyl adjacent to an activating group) is 1. The van der Waals surface area contributed by atoms with Gasteiger partial charge in [-0.15, -0.1) is 0 Å². The third-order valence-corrected chi connectivity index (χ3v) is 4.09. The van der Waals surface area contributed by atoms with E-state index in [2.05, 4.69) is 31.3 Å². The van der Waals surface area contributed by atoms with E-state index in [-0.39, 0.29) is 12.5 Å². The van der Waals surface area contributed by atoms with Crippen molar-refractivity contribution in [3.63, 3.8) is 0 Å². The van der Waals surface area contributed by atoms with E-state index in [9.17, 15) is 4.79 Å². The number of amides is 1. The van der Waals surface area contributed by atoms with Crippen molar-refractivity contribution < 1.29 is 9.53 Å². The molecule has 0 aliphatic carbocycles. The predicted molar refractivity (Wildman–Crippen MR) is 84.7 cm³/mol. The minimum Gasteiger partial charge on any atom is -0.484 e. The number of carbonyl (C=O) groups is 1. The SMILES string of the molecule is CNC1CCCN(C(=O)COc2ccc(C(C)C)cc2)C1. The minimum atomic E-state index is 0.0721. The Bertz CT molecular complexity index is 456. The largest absolute Gasteiger partial charge is 0.484 e. The molecular weight excluding hydrogens is 264 g/mol. The first-order valence-electron chi connectivity index (χ1n) is 7.78. The molecule has 1 fully saturated rings. The van der Waals surface area contributed by atoms with Crippen LogP contribution in [-0.4, -0.2) is 43.6 Å². The van der Waals surface area contributed by atoms with Crippen LogP contribution in [0.4, 0.5) is 0 Å². The van der Waals surface area contributed by atoms with E-state index in [1.54, 1.807) is 0 Å². The molecule has 1 heterocycles. The van der Waals surface area contributed by atoms with Gasteiger partial charge in [0.15, 0.2) is 6.61 Å². The summed E-state index contributed by atoms with van der Waals surface area (Å²) in [5.41, 5.74) is 1.28. The normalized spacial score (nSPS) is 18.9. The molecule has 1 aliphatic heterocycles. The van der Waals surface area contributed by atoms with Crippen molar-refractivity contribution in [3.8, 4) is 5.75 Å². The number of benzene rings is 1. The molecule has 0 radical (unpaired) electrons. The van der Waals surface area contributed by atoms with Crippen LogP contribution in [0.3, 0.4) is 0 Å². The quantitative estimate of drug-likeness (QED) is 0.905. The van der Waals surface area contributed by atoms with Crippen LogP contribution in [-0.2, 0) is 4.79 Å². The molecule has 21 heavy (non-hydrogen) atoms. The second kappa shape index (κ2) is 7.46. The molecule has 4 nitrogen and oxygen atoms in total. The van der Waals surface area contributed by atoms with Crippen LogP contribution < -0.4 is 10.1 Å². The summed E-state index contributed by atoms with van der Waals surface area (Å²) < 4.78 is 5.61. The van der Waals surface area contributed by atoms with Gasteiger partial charge in [-0.2, -0.15) is 0 Å². The highest BCUT2D eigenvalue weighted by Gasteiger charge is 2.22. The maximum absolute atomic E-state index is 12.2. The number of carbonyl (C=O) groups excluding carboxylic acids is 1. The molecule has 1 amide bonds. The number of likely N-dealkylation sites (tertiary alicyclic amines) is 1. The summed E-state index contributed by atoms with van der Waals surface area (Å²) in [6.45, 7) is 6.07. The van der Waals surface area contributed by atoms with E-state index in [0.29, 0.717) is 12.0 Å². The van der Waals surface area contributed by atoms with Crippen molar-refractivity contribution in [1.29, 1.82) is 0 Å². The predicted octanol–water partition coefficient (Wildman–Crippen LogP) is 2.40. The number of hydrogen-bond donors (Lipinski definition) is 1. The number of piperidine rings is 1. The van der Waals surface area contributed by atoms with Crippen molar-refractivity contribution in [2.24, 2.45) is 0 Å². The number of hydrogen-bond acceptors (Lipinski definition) is 3. The summed E-state index contributed by atoms with van der Waals surface area (Å²) >= 11 is 0. The molecule has 116 valence electrons. The standard InChI is InChI=1S/C17H26N2O2/c1-13(2)14-6-8-16(9-7-14)21-12-17(20)19-10-4-5-15(11-19)18-3/h6-9,13,15,18H,4-5,10-12H2,1-3H3. The van der Waals surface area contributed by atoms with Crippen molar-refractivity contribution in [2.45, 2.75) is 38.6 Å². The number of nitrogens with one attached hydrogen (secondary N) is 1. The fourth-order valence-corrected chi connectivity index (χ4v) is 2.62. The second-order valence-electron chi connectivity index (χ2n) is 5.98. The maximum atomic E-state index is 12.2. The third kappa shape index (κ3) is 4.46. The molecule has 4 heteroatoms. The van der Waals surface area contributed by atoms with E-state index in [1.165, 1.54) is 5.56 Å². The summed E-state index contributed by atoms with van der Waals surface area (Å²) in [6, 6.07) is 8.41. The molecule has 2 rings (SSSR count). The van der Waals surface area contributed by atoms with Gasteiger partial charge in [-0.05, 0) is 43.5 Å². The van der Waals surface area contributed by atoms with E-state index < -0.39 is 0 Å². The van der Waals surface area contributed by atoms with Gasteiger partial charge in [0.1, 0.15) is 5.75 Å². The first kappa shape index (κ1) is 15.8. The van der Waals surface area contributed by atoms with Gasteiger partial charge in [-0.25, -0.2) is 0 Å². The van der Waals surface area contributed by atoms with Crippen molar-refractivity contribution >= 4 is 5.91 Å². The zero-order valence-electron chi connectivity index (χ0n) is 13.3. The number of ether oxygens (including phenoxy) is 1. The minimum absolute atomic E-state index is 0.0721. The van der Waals surface area contributed by atoms with Crippen molar-refractivity contribution in [1.82, 2.24) is 10.2 Å². The van der Waals surface area contributed by atoms with Crippen LogP contribution in [0.1, 0.15) is 38.2 Å². The van der Waals surface area contributed by atoms with Gasteiger partial charge in [-0.1, -0.05) is 26.0 Å². The Morgan fingerprint density at radius 3 is 2.71 bits per heavy atom. The smallest absolute Gasteiger partial charge is 0.260 e. The Morgan fingerprint density at radius 2 is 2.10 bits per heavy atom. The lowest BCUT2D eigenvalue weighted by atomic mass is 10.0. The van der Waals surface area contributed by atoms with E-state index in [4.69, 9.17) is 4.74 Å². The number of nitrogens with zero attached hydrogens (tertiary/aromatic N) is 1. The molecule has 1 unspecified atom stereocenters. The van der Waals surface area contributed by atoms with Gasteiger partial charge in [-0.3, -0.25) is 4.79 Å². The second-order valence-corrected chi connectivity index (χ2v) is 5.98. The lowest BCUT2D eigenvalue weighted by Gasteiger charge is -2.32. The summed E-state index contributed by atoms with van der Waals surface area (Å²) in [4.78, 5) is 14.1. The van der Waals surface area contributed by atoms with Crippen LogP contribution in [0.15, 0.2) is 24.3 Å². The summed E-state index contributed by atoms with van der Waals surface area (Å²) in [7, 11) is 1.95. The fourth-order valence-electron chi connectivity index (χ4n) is 2.62. The topological polar surface area (TPSA) is 41.6 Å². The van der Waals surface area contributed by atoms with Gasteiger partial charge in [0.05, 0.1) is 0 Å². The first-order chi connectivity index (χ1) is 10.1. The molecule has 1 aromatic carbocycles. The van der Waals surface area contributed by atoms with E-state index >= 15 is 0 Å². The fraction of sp³-hybridized carbons (Fsp3) is 0.588. The lowest BCUT2D eigenvalue weighted by Crippen LogP contribution is -2.48. The van der Waals surface area contributed by atoms with Gasteiger partial charge < -0.3 is 15.0 Å². The molecule has 1 atom stereocenters. The molecular formula is C17H26N2O2. The van der Waals surface area contributed by atoms with Crippen LogP contribution in [0.2, 0.25) is 0 Å². The molecule has 1 aliphatic rings. The highest BCUT2D eigenvalue weighted by atomic mass is 16.5. The zero-order chi connectivity index (χ0) is 15.2. The molecule has 1 aromatic rings. The van der Waals surface area contributed by atoms with Gasteiger partial charge in [0.25, 0.3) is 5.91 Å². The van der Waals surface area contributed by atoms with Gasteiger partial charge in [0, 0.05) is 19.1 Å². The lowest BCUT2D eigenvalue weighted by molar-refractivity contribution is -0.134. The molecule has 1 N–H and O–H groups in total. The van der Waals surface area contributed by atoms with Crippen LogP contribution in [0, 0.1) is 0 Å². The van der Waals surface area contributed by atoms with Gasteiger partial charge >= 0.3 is 0 Å². The number of rotatable bonds is 5. The zero-order valence-corrected chi connectivity index (χ0v) is 13.3. The molecule has 0 saturated carbocycles. The van der Waals surface area contributed by atoms with Crippen molar-refractivity contribution in [3.05, 3.63) is 29.8 Å². The monoisotopic (exact) mass is 290 g/mol. The summed E-state index contributed by atoms with van der Waals surface area (Å²) in [6.07, 6.45) is 2.19. The molecule has 0 spiro atoms.